The molecule has 0 spiro atoms. The van der Waals surface area contributed by atoms with Gasteiger partial charge in [0, 0.05) is 50.6 Å². The summed E-state index contributed by atoms with van der Waals surface area (Å²) in [6.45, 7) is 5.11. The van der Waals surface area contributed by atoms with Gasteiger partial charge in [-0.25, -0.2) is 4.98 Å². The maximum atomic E-state index is 5.95. The predicted molar refractivity (Wildman–Crippen MR) is 92.0 cm³/mol. The third kappa shape index (κ3) is 3.85. The lowest BCUT2D eigenvalue weighted by atomic mass is 10.0. The average Bonchev–Trinajstić information content (AvgIpc) is 3.25. The molecule has 1 atom stereocenters. The number of ether oxygens (including phenoxy) is 2. The summed E-state index contributed by atoms with van der Waals surface area (Å²) < 4.78 is 13.5. The van der Waals surface area contributed by atoms with Crippen molar-refractivity contribution in [3.05, 3.63) is 34.0 Å². The molecule has 1 N–H and O–H groups in total. The SMILES string of the molecule is c1csc(CNC[C@H]2OCCc3cn(CC4CCOCC4)nc32)n1. The number of thiazole rings is 1. The summed E-state index contributed by atoms with van der Waals surface area (Å²) in [5, 5.41) is 11.4. The summed E-state index contributed by atoms with van der Waals surface area (Å²) in [5.74, 6) is 0.683. The van der Waals surface area contributed by atoms with Crippen molar-refractivity contribution in [3.63, 3.8) is 0 Å². The van der Waals surface area contributed by atoms with E-state index in [1.165, 1.54) is 5.56 Å². The molecule has 2 aliphatic heterocycles. The largest absolute Gasteiger partial charge is 0.381 e. The van der Waals surface area contributed by atoms with Crippen LogP contribution in [-0.2, 0) is 29.0 Å². The molecular formula is C17H24N4O2S. The summed E-state index contributed by atoms with van der Waals surface area (Å²) in [4.78, 5) is 4.30. The van der Waals surface area contributed by atoms with E-state index in [9.17, 15) is 0 Å². The van der Waals surface area contributed by atoms with Crippen LogP contribution in [0.1, 0.15) is 35.2 Å². The number of nitrogens with zero attached hydrogens (tertiary/aromatic N) is 3. The summed E-state index contributed by atoms with van der Waals surface area (Å²) in [6.07, 6.45) is 7.35. The van der Waals surface area contributed by atoms with Crippen LogP contribution in [0.25, 0.3) is 0 Å². The lowest BCUT2D eigenvalue weighted by molar-refractivity contribution is 0.0388. The first-order chi connectivity index (χ1) is 11.9. The van der Waals surface area contributed by atoms with Crippen LogP contribution in [0, 0.1) is 5.92 Å². The van der Waals surface area contributed by atoms with Crippen LogP contribution in [0.3, 0.4) is 0 Å². The van der Waals surface area contributed by atoms with E-state index in [2.05, 4.69) is 21.2 Å². The van der Waals surface area contributed by atoms with Crippen molar-refractivity contribution >= 4 is 11.3 Å². The standard InChI is InChI=1S/C17H24N4O2S/c1-5-22-6-2-13(1)11-21-12-14-3-7-23-15(17(14)20-21)9-18-10-16-19-4-8-24-16/h4,8,12-13,15,18H,1-3,5-7,9-11H2/t15-/m1/s1. The number of nitrogens with one attached hydrogen (secondary N) is 1. The van der Waals surface area contributed by atoms with Gasteiger partial charge in [-0.3, -0.25) is 4.68 Å². The Morgan fingerprint density at radius 3 is 3.04 bits per heavy atom. The Labute approximate surface area is 146 Å². The Hall–Kier alpha value is -1.28. The summed E-state index contributed by atoms with van der Waals surface area (Å²) in [7, 11) is 0. The highest BCUT2D eigenvalue weighted by Crippen LogP contribution is 2.26. The zero-order valence-electron chi connectivity index (χ0n) is 13.8. The van der Waals surface area contributed by atoms with Gasteiger partial charge >= 0.3 is 0 Å². The fourth-order valence-electron chi connectivity index (χ4n) is 3.42. The molecule has 1 saturated heterocycles. The third-order valence-corrected chi connectivity index (χ3v) is 5.52. The van der Waals surface area contributed by atoms with E-state index >= 15 is 0 Å². The maximum absolute atomic E-state index is 5.95. The third-order valence-electron chi connectivity index (χ3n) is 4.74. The van der Waals surface area contributed by atoms with E-state index in [0.29, 0.717) is 5.92 Å². The van der Waals surface area contributed by atoms with E-state index in [0.717, 1.165) is 69.4 Å². The monoisotopic (exact) mass is 348 g/mol. The molecule has 4 rings (SSSR count). The molecule has 24 heavy (non-hydrogen) atoms. The summed E-state index contributed by atoms with van der Waals surface area (Å²) in [6, 6.07) is 0. The van der Waals surface area contributed by atoms with Crippen molar-refractivity contribution in [3.8, 4) is 0 Å². The average molecular weight is 348 g/mol. The molecular weight excluding hydrogens is 324 g/mol. The van der Waals surface area contributed by atoms with Gasteiger partial charge in [0.2, 0.25) is 0 Å². The van der Waals surface area contributed by atoms with Crippen molar-refractivity contribution in [2.75, 3.05) is 26.4 Å². The first-order valence-corrected chi connectivity index (χ1v) is 9.61. The first kappa shape index (κ1) is 16.2. The van der Waals surface area contributed by atoms with Crippen LogP contribution in [-0.4, -0.2) is 41.1 Å². The highest BCUT2D eigenvalue weighted by molar-refractivity contribution is 7.09. The lowest BCUT2D eigenvalue weighted by Crippen LogP contribution is -2.27. The molecule has 0 unspecified atom stereocenters. The van der Waals surface area contributed by atoms with Gasteiger partial charge in [0.15, 0.2) is 0 Å². The summed E-state index contributed by atoms with van der Waals surface area (Å²) >= 11 is 1.67. The summed E-state index contributed by atoms with van der Waals surface area (Å²) in [5.41, 5.74) is 2.45. The predicted octanol–water partition coefficient (Wildman–Crippen LogP) is 2.17. The fourth-order valence-corrected chi connectivity index (χ4v) is 4.01. The molecule has 2 aliphatic rings. The zero-order chi connectivity index (χ0) is 16.2. The molecule has 0 saturated carbocycles. The van der Waals surface area contributed by atoms with E-state index in [1.807, 2.05) is 11.6 Å². The number of hydrogen-bond acceptors (Lipinski definition) is 6. The molecule has 4 heterocycles. The second kappa shape index (κ2) is 7.74. The van der Waals surface area contributed by atoms with Crippen molar-refractivity contribution in [1.29, 1.82) is 0 Å². The molecule has 1 fully saturated rings. The zero-order valence-corrected chi connectivity index (χ0v) is 14.6. The van der Waals surface area contributed by atoms with Crippen LogP contribution < -0.4 is 5.32 Å². The molecule has 0 amide bonds. The Bertz CT molecular complexity index is 637. The smallest absolute Gasteiger partial charge is 0.114 e. The molecule has 2 aromatic rings. The second-order valence-corrected chi connectivity index (χ2v) is 7.46. The van der Waals surface area contributed by atoms with E-state index in [1.54, 1.807) is 11.3 Å². The van der Waals surface area contributed by atoms with E-state index in [4.69, 9.17) is 14.6 Å². The second-order valence-electron chi connectivity index (χ2n) is 6.48. The highest BCUT2D eigenvalue weighted by Gasteiger charge is 2.25. The first-order valence-electron chi connectivity index (χ1n) is 8.73. The number of fused-ring (bicyclic) bond motifs is 1. The molecule has 0 radical (unpaired) electrons. The van der Waals surface area contributed by atoms with Crippen LogP contribution in [0.5, 0.6) is 0 Å². The van der Waals surface area contributed by atoms with Gasteiger partial charge in [-0.2, -0.15) is 5.10 Å². The number of aromatic nitrogens is 3. The normalized spacial score (nSPS) is 21.8. The van der Waals surface area contributed by atoms with Gasteiger partial charge in [-0.15, -0.1) is 11.3 Å². The van der Waals surface area contributed by atoms with E-state index < -0.39 is 0 Å². The molecule has 130 valence electrons. The van der Waals surface area contributed by atoms with Gasteiger partial charge in [0.1, 0.15) is 11.1 Å². The van der Waals surface area contributed by atoms with Crippen molar-refractivity contribution in [2.24, 2.45) is 5.92 Å². The fraction of sp³-hybridized carbons (Fsp3) is 0.647. The minimum Gasteiger partial charge on any atom is -0.381 e. The topological polar surface area (TPSA) is 61.2 Å². The van der Waals surface area contributed by atoms with Crippen molar-refractivity contribution in [1.82, 2.24) is 20.1 Å². The van der Waals surface area contributed by atoms with Crippen LogP contribution in [0.4, 0.5) is 0 Å². The minimum absolute atomic E-state index is 0.0460. The Morgan fingerprint density at radius 2 is 2.21 bits per heavy atom. The molecule has 0 aromatic carbocycles. The lowest BCUT2D eigenvalue weighted by Gasteiger charge is -2.22. The van der Waals surface area contributed by atoms with Gasteiger partial charge in [0.25, 0.3) is 0 Å². The quantitative estimate of drug-likeness (QED) is 0.867. The van der Waals surface area contributed by atoms with Crippen LogP contribution >= 0.6 is 11.3 Å². The molecule has 6 nitrogen and oxygen atoms in total. The molecule has 7 heteroatoms. The van der Waals surface area contributed by atoms with Gasteiger partial charge in [0.05, 0.1) is 12.3 Å². The van der Waals surface area contributed by atoms with Crippen LogP contribution in [0.2, 0.25) is 0 Å². The number of hydrogen-bond donors (Lipinski definition) is 1. The van der Waals surface area contributed by atoms with Crippen molar-refractivity contribution < 1.29 is 9.47 Å². The molecule has 0 bridgehead atoms. The maximum Gasteiger partial charge on any atom is 0.114 e. The highest BCUT2D eigenvalue weighted by atomic mass is 32.1. The van der Waals surface area contributed by atoms with Gasteiger partial charge in [-0.05, 0) is 30.7 Å². The molecule has 0 aliphatic carbocycles. The Kier molecular flexibility index (Phi) is 5.22. The number of rotatable bonds is 6. The Morgan fingerprint density at radius 1 is 1.29 bits per heavy atom. The van der Waals surface area contributed by atoms with Gasteiger partial charge < -0.3 is 14.8 Å². The van der Waals surface area contributed by atoms with Gasteiger partial charge in [-0.1, -0.05) is 0 Å². The molecule has 2 aromatic heterocycles. The Balaban J connectivity index is 1.36. The van der Waals surface area contributed by atoms with Crippen LogP contribution in [0.15, 0.2) is 17.8 Å². The minimum atomic E-state index is 0.0460. The van der Waals surface area contributed by atoms with E-state index in [-0.39, 0.29) is 6.10 Å². The van der Waals surface area contributed by atoms with Crippen molar-refractivity contribution in [2.45, 2.75) is 38.5 Å².